The van der Waals surface area contributed by atoms with E-state index in [4.69, 9.17) is 16.9 Å². The number of hydrogen-bond donors (Lipinski definition) is 1. The van der Waals surface area contributed by atoms with Crippen molar-refractivity contribution in [1.29, 1.82) is 5.26 Å². The van der Waals surface area contributed by atoms with Gasteiger partial charge in [0.15, 0.2) is 0 Å². The van der Waals surface area contributed by atoms with E-state index in [1.807, 2.05) is 0 Å². The molecule has 0 aromatic rings. The van der Waals surface area contributed by atoms with Crippen LogP contribution in [0.15, 0.2) is 0 Å². The van der Waals surface area contributed by atoms with Crippen LogP contribution in [0.2, 0.25) is 0 Å². The van der Waals surface area contributed by atoms with Crippen molar-refractivity contribution < 1.29 is 0 Å². The van der Waals surface area contributed by atoms with E-state index in [-0.39, 0.29) is 5.41 Å². The van der Waals surface area contributed by atoms with Crippen molar-refractivity contribution in [3.05, 3.63) is 0 Å². The topological polar surface area (TPSA) is 35.8 Å². The van der Waals surface area contributed by atoms with Crippen LogP contribution >= 0.6 is 11.6 Å². The molecule has 0 aliphatic carbocycles. The van der Waals surface area contributed by atoms with E-state index in [1.165, 1.54) is 0 Å². The number of hydrogen-bond acceptors (Lipinski definition) is 2. The molecule has 0 saturated carbocycles. The molecular weight excluding hydrogens is 160 g/mol. The Morgan fingerprint density at radius 1 is 1.45 bits per heavy atom. The normalized spacial score (nSPS) is 22.5. The number of halogens is 1. The van der Waals surface area contributed by atoms with Crippen LogP contribution in [-0.2, 0) is 0 Å². The van der Waals surface area contributed by atoms with Crippen LogP contribution in [0.3, 0.4) is 0 Å². The van der Waals surface area contributed by atoms with E-state index in [0.29, 0.717) is 5.88 Å². The molecule has 0 aromatic carbocycles. The highest BCUT2D eigenvalue weighted by Gasteiger charge is 2.30. The number of nitrogens with one attached hydrogen (secondary N) is 1. The summed E-state index contributed by atoms with van der Waals surface area (Å²) in [6.07, 6.45) is 2.75. The van der Waals surface area contributed by atoms with Gasteiger partial charge in [-0.05, 0) is 32.4 Å². The minimum absolute atomic E-state index is 0.118. The summed E-state index contributed by atoms with van der Waals surface area (Å²) in [7, 11) is 0. The fourth-order valence-electron chi connectivity index (χ4n) is 1.50. The van der Waals surface area contributed by atoms with Gasteiger partial charge in [-0.3, -0.25) is 0 Å². The van der Waals surface area contributed by atoms with Gasteiger partial charge in [-0.15, -0.1) is 11.6 Å². The molecule has 62 valence electrons. The molecule has 3 heteroatoms. The second-order valence-corrected chi connectivity index (χ2v) is 3.46. The second kappa shape index (κ2) is 3.94. The van der Waals surface area contributed by atoms with Gasteiger partial charge in [0.05, 0.1) is 11.5 Å². The molecule has 0 amide bonds. The summed E-state index contributed by atoms with van der Waals surface area (Å²) in [6.45, 7) is 1.93. The Hall–Kier alpha value is -0.260. The molecule has 0 unspecified atom stereocenters. The molecule has 1 N–H and O–H groups in total. The molecule has 1 rings (SSSR count). The van der Waals surface area contributed by atoms with Crippen molar-refractivity contribution in [3.63, 3.8) is 0 Å². The fraction of sp³-hybridized carbons (Fsp3) is 0.875. The average Bonchev–Trinajstić information content (AvgIpc) is 2.07. The number of rotatable bonds is 2. The van der Waals surface area contributed by atoms with Gasteiger partial charge in [0.25, 0.3) is 0 Å². The summed E-state index contributed by atoms with van der Waals surface area (Å²) in [5, 5.41) is 12.2. The van der Waals surface area contributed by atoms with E-state index in [1.54, 1.807) is 0 Å². The summed E-state index contributed by atoms with van der Waals surface area (Å²) in [4.78, 5) is 0. The Morgan fingerprint density at radius 2 is 2.09 bits per heavy atom. The van der Waals surface area contributed by atoms with E-state index in [2.05, 4.69) is 11.4 Å². The zero-order valence-corrected chi connectivity index (χ0v) is 7.32. The zero-order valence-electron chi connectivity index (χ0n) is 6.57. The molecular formula is C8H13ClN2. The van der Waals surface area contributed by atoms with Gasteiger partial charge in [-0.2, -0.15) is 5.26 Å². The predicted molar refractivity (Wildman–Crippen MR) is 45.5 cm³/mol. The van der Waals surface area contributed by atoms with Gasteiger partial charge < -0.3 is 5.32 Å². The Balaban J connectivity index is 2.51. The van der Waals surface area contributed by atoms with Crippen molar-refractivity contribution in [2.75, 3.05) is 19.0 Å². The van der Waals surface area contributed by atoms with Crippen molar-refractivity contribution in [3.8, 4) is 6.07 Å². The van der Waals surface area contributed by atoms with Crippen molar-refractivity contribution >= 4 is 11.6 Å². The Kier molecular flexibility index (Phi) is 3.16. The zero-order chi connectivity index (χ0) is 8.16. The molecule has 0 bridgehead atoms. The maximum atomic E-state index is 8.94. The van der Waals surface area contributed by atoms with Gasteiger partial charge in [0.1, 0.15) is 0 Å². The predicted octanol–water partition coefficient (Wildman–Crippen LogP) is 1.51. The third kappa shape index (κ3) is 2.08. The maximum absolute atomic E-state index is 8.94. The standard InChI is InChI=1S/C8H13ClN2/c9-4-1-8(7-10)2-5-11-6-3-8/h11H,1-6H2. The number of nitriles is 1. The van der Waals surface area contributed by atoms with Crippen molar-refractivity contribution in [1.82, 2.24) is 5.32 Å². The average molecular weight is 173 g/mol. The van der Waals surface area contributed by atoms with Crippen LogP contribution in [-0.4, -0.2) is 19.0 Å². The summed E-state index contributed by atoms with van der Waals surface area (Å²) in [6, 6.07) is 2.39. The Morgan fingerprint density at radius 3 is 2.55 bits per heavy atom. The van der Waals surface area contributed by atoms with Crippen LogP contribution in [0, 0.1) is 16.7 Å². The summed E-state index contributed by atoms with van der Waals surface area (Å²) in [5.74, 6) is 0.605. The first kappa shape index (κ1) is 8.83. The maximum Gasteiger partial charge on any atom is 0.0691 e. The van der Waals surface area contributed by atoms with Crippen LogP contribution in [0.25, 0.3) is 0 Å². The van der Waals surface area contributed by atoms with Crippen molar-refractivity contribution in [2.45, 2.75) is 19.3 Å². The van der Waals surface area contributed by atoms with Crippen LogP contribution in [0.5, 0.6) is 0 Å². The van der Waals surface area contributed by atoms with Crippen LogP contribution in [0.4, 0.5) is 0 Å². The first-order chi connectivity index (χ1) is 5.33. The number of nitrogens with zero attached hydrogens (tertiary/aromatic N) is 1. The van der Waals surface area contributed by atoms with Gasteiger partial charge >= 0.3 is 0 Å². The highest BCUT2D eigenvalue weighted by Crippen LogP contribution is 2.31. The molecule has 1 saturated heterocycles. The van der Waals surface area contributed by atoms with Gasteiger partial charge in [-0.25, -0.2) is 0 Å². The third-order valence-corrected chi connectivity index (χ3v) is 2.56. The lowest BCUT2D eigenvalue weighted by molar-refractivity contribution is 0.274. The minimum Gasteiger partial charge on any atom is -0.317 e. The summed E-state index contributed by atoms with van der Waals surface area (Å²) >= 11 is 5.63. The van der Waals surface area contributed by atoms with Crippen molar-refractivity contribution in [2.24, 2.45) is 5.41 Å². The summed E-state index contributed by atoms with van der Waals surface area (Å²) < 4.78 is 0. The molecule has 0 spiro atoms. The summed E-state index contributed by atoms with van der Waals surface area (Å²) in [5.41, 5.74) is -0.118. The molecule has 0 radical (unpaired) electrons. The number of alkyl halides is 1. The SMILES string of the molecule is N#CC1(CCCl)CCNCC1. The molecule has 1 aliphatic heterocycles. The monoisotopic (exact) mass is 172 g/mol. The quantitative estimate of drug-likeness (QED) is 0.641. The van der Waals surface area contributed by atoms with E-state index >= 15 is 0 Å². The number of piperidine rings is 1. The van der Waals surface area contributed by atoms with E-state index in [0.717, 1.165) is 32.4 Å². The lowest BCUT2D eigenvalue weighted by Crippen LogP contribution is -2.36. The molecule has 1 aliphatic rings. The Bertz CT molecular complexity index is 150. The lowest BCUT2D eigenvalue weighted by Gasteiger charge is -2.30. The highest BCUT2D eigenvalue weighted by molar-refractivity contribution is 6.17. The second-order valence-electron chi connectivity index (χ2n) is 3.08. The molecule has 11 heavy (non-hydrogen) atoms. The molecule has 0 atom stereocenters. The first-order valence-corrected chi connectivity index (χ1v) is 4.54. The third-order valence-electron chi connectivity index (χ3n) is 2.37. The smallest absolute Gasteiger partial charge is 0.0691 e. The van der Waals surface area contributed by atoms with Gasteiger partial charge in [0.2, 0.25) is 0 Å². The molecule has 2 nitrogen and oxygen atoms in total. The Labute approximate surface area is 72.5 Å². The fourth-order valence-corrected chi connectivity index (χ4v) is 1.87. The minimum atomic E-state index is -0.118. The largest absolute Gasteiger partial charge is 0.317 e. The first-order valence-electron chi connectivity index (χ1n) is 4.01. The van der Waals surface area contributed by atoms with Gasteiger partial charge in [-0.1, -0.05) is 0 Å². The molecule has 1 fully saturated rings. The van der Waals surface area contributed by atoms with Crippen LogP contribution in [0.1, 0.15) is 19.3 Å². The lowest BCUT2D eigenvalue weighted by atomic mass is 9.78. The van der Waals surface area contributed by atoms with E-state index < -0.39 is 0 Å². The van der Waals surface area contributed by atoms with E-state index in [9.17, 15) is 0 Å². The van der Waals surface area contributed by atoms with Crippen LogP contribution < -0.4 is 5.32 Å². The van der Waals surface area contributed by atoms with Gasteiger partial charge in [0, 0.05) is 5.88 Å². The molecule has 0 aromatic heterocycles. The molecule has 1 heterocycles. The highest BCUT2D eigenvalue weighted by atomic mass is 35.5.